The largest absolute Gasteiger partial charge is 0.438 e. The molecule has 0 amide bonds. The Balaban J connectivity index is 2.44. The molecule has 3 N–H and O–H groups in total. The van der Waals surface area contributed by atoms with E-state index in [1.807, 2.05) is 32.9 Å². The minimum Gasteiger partial charge on any atom is -0.438 e. The fraction of sp³-hybridized carbons (Fsp3) is 0.200. The molecule has 0 aliphatic carbocycles. The van der Waals surface area contributed by atoms with Gasteiger partial charge in [0.1, 0.15) is 5.75 Å². The van der Waals surface area contributed by atoms with Crippen molar-refractivity contribution in [2.45, 2.75) is 20.8 Å². The molecule has 0 radical (unpaired) electrons. The second-order valence-corrected chi connectivity index (χ2v) is 4.72. The van der Waals surface area contributed by atoms with Crippen LogP contribution in [0.2, 0.25) is 0 Å². The Morgan fingerprint density at radius 2 is 1.80 bits per heavy atom. The number of oxime groups is 1. The van der Waals surface area contributed by atoms with Gasteiger partial charge in [-0.1, -0.05) is 11.2 Å². The first-order chi connectivity index (χ1) is 9.49. The number of rotatable bonds is 3. The minimum absolute atomic E-state index is 0.0307. The highest BCUT2D eigenvalue weighted by Crippen LogP contribution is 2.25. The van der Waals surface area contributed by atoms with Gasteiger partial charge in [-0.25, -0.2) is 4.98 Å². The number of benzene rings is 1. The fourth-order valence-corrected chi connectivity index (χ4v) is 1.96. The highest BCUT2D eigenvalue weighted by Gasteiger charge is 2.12. The lowest BCUT2D eigenvalue weighted by molar-refractivity contribution is 0.318. The zero-order valence-corrected chi connectivity index (χ0v) is 11.7. The molecule has 0 fully saturated rings. The van der Waals surface area contributed by atoms with E-state index in [2.05, 4.69) is 16.2 Å². The first-order valence-corrected chi connectivity index (χ1v) is 6.21. The smallest absolute Gasteiger partial charge is 0.230 e. The van der Waals surface area contributed by atoms with Crippen LogP contribution in [0.15, 0.2) is 35.5 Å². The van der Waals surface area contributed by atoms with Gasteiger partial charge in [0.2, 0.25) is 5.88 Å². The maximum Gasteiger partial charge on any atom is 0.230 e. The van der Waals surface area contributed by atoms with Gasteiger partial charge in [-0.15, -0.1) is 0 Å². The normalized spacial score (nSPS) is 11.4. The molecule has 0 atom stereocenters. The third kappa shape index (κ3) is 3.06. The predicted octanol–water partition coefficient (Wildman–Crippen LogP) is 2.89. The summed E-state index contributed by atoms with van der Waals surface area (Å²) in [5.41, 5.74) is 9.08. The molecular formula is C15H17N3O2. The standard InChI is InChI=1S/C15H17N3O2/c1-9-6-10(2)8-12(7-9)20-15-13(14(16)18-19)5-4-11(3)17-15/h4-8,19H,1-3H3,(H2,16,18). The molecule has 0 aliphatic rings. The lowest BCUT2D eigenvalue weighted by Gasteiger charge is -2.11. The van der Waals surface area contributed by atoms with Gasteiger partial charge in [0.15, 0.2) is 5.84 Å². The zero-order chi connectivity index (χ0) is 14.7. The molecule has 2 aromatic rings. The van der Waals surface area contributed by atoms with Crippen molar-refractivity contribution >= 4 is 5.84 Å². The first-order valence-electron chi connectivity index (χ1n) is 6.21. The molecule has 0 spiro atoms. The summed E-state index contributed by atoms with van der Waals surface area (Å²) < 4.78 is 5.79. The van der Waals surface area contributed by atoms with Gasteiger partial charge in [0.05, 0.1) is 5.56 Å². The van der Waals surface area contributed by atoms with Gasteiger partial charge in [-0.3, -0.25) is 0 Å². The second-order valence-electron chi connectivity index (χ2n) is 4.72. The van der Waals surface area contributed by atoms with E-state index in [1.54, 1.807) is 12.1 Å². The Morgan fingerprint density at radius 3 is 2.40 bits per heavy atom. The maximum absolute atomic E-state index is 8.82. The molecule has 20 heavy (non-hydrogen) atoms. The summed E-state index contributed by atoms with van der Waals surface area (Å²) in [5, 5.41) is 11.8. The second kappa shape index (κ2) is 5.61. The number of amidine groups is 1. The van der Waals surface area contributed by atoms with Gasteiger partial charge in [-0.2, -0.15) is 0 Å². The number of nitrogens with two attached hydrogens (primary N) is 1. The number of hydrogen-bond donors (Lipinski definition) is 2. The van der Waals surface area contributed by atoms with E-state index in [0.717, 1.165) is 16.8 Å². The van der Waals surface area contributed by atoms with E-state index in [9.17, 15) is 0 Å². The SMILES string of the molecule is Cc1cc(C)cc(Oc2nc(C)ccc2C(N)=NO)c1. The topological polar surface area (TPSA) is 80.7 Å². The predicted molar refractivity (Wildman–Crippen MR) is 77.5 cm³/mol. The molecule has 2 rings (SSSR count). The fourth-order valence-electron chi connectivity index (χ4n) is 1.96. The molecule has 0 saturated heterocycles. The van der Waals surface area contributed by atoms with Crippen LogP contribution in [0.5, 0.6) is 11.6 Å². The average Bonchev–Trinajstić information content (AvgIpc) is 2.37. The molecule has 5 nitrogen and oxygen atoms in total. The van der Waals surface area contributed by atoms with Gasteiger partial charge >= 0.3 is 0 Å². The highest BCUT2D eigenvalue weighted by molar-refractivity contribution is 5.99. The quantitative estimate of drug-likeness (QED) is 0.389. The van der Waals surface area contributed by atoms with Crippen LogP contribution >= 0.6 is 0 Å². The summed E-state index contributed by atoms with van der Waals surface area (Å²) in [6.07, 6.45) is 0. The molecular weight excluding hydrogens is 254 g/mol. The summed E-state index contributed by atoms with van der Waals surface area (Å²) in [5.74, 6) is 0.967. The van der Waals surface area contributed by atoms with Crippen molar-refractivity contribution in [3.63, 3.8) is 0 Å². The van der Waals surface area contributed by atoms with Crippen LogP contribution in [-0.4, -0.2) is 16.0 Å². The lowest BCUT2D eigenvalue weighted by Crippen LogP contribution is -2.15. The molecule has 1 aromatic carbocycles. The van der Waals surface area contributed by atoms with Gasteiger partial charge in [-0.05, 0) is 56.2 Å². The van der Waals surface area contributed by atoms with Gasteiger partial charge < -0.3 is 15.7 Å². The Kier molecular flexibility index (Phi) is 3.89. The third-order valence-electron chi connectivity index (χ3n) is 2.79. The van der Waals surface area contributed by atoms with Crippen molar-refractivity contribution in [1.82, 2.24) is 4.98 Å². The number of aromatic nitrogens is 1. The van der Waals surface area contributed by atoms with Crippen LogP contribution in [0, 0.1) is 20.8 Å². The average molecular weight is 271 g/mol. The molecule has 1 heterocycles. The molecule has 104 valence electrons. The zero-order valence-electron chi connectivity index (χ0n) is 11.7. The number of nitrogens with zero attached hydrogens (tertiary/aromatic N) is 2. The maximum atomic E-state index is 8.82. The van der Waals surface area contributed by atoms with E-state index < -0.39 is 0 Å². The van der Waals surface area contributed by atoms with E-state index in [4.69, 9.17) is 15.7 Å². The van der Waals surface area contributed by atoms with Crippen molar-refractivity contribution in [2.75, 3.05) is 0 Å². The Bertz CT molecular complexity index is 646. The van der Waals surface area contributed by atoms with Crippen molar-refractivity contribution in [3.8, 4) is 11.6 Å². The lowest BCUT2D eigenvalue weighted by atomic mass is 10.1. The molecule has 0 unspecified atom stereocenters. The van der Waals surface area contributed by atoms with Crippen LogP contribution in [0.25, 0.3) is 0 Å². The minimum atomic E-state index is -0.0307. The van der Waals surface area contributed by atoms with Crippen molar-refractivity contribution in [1.29, 1.82) is 0 Å². The van der Waals surface area contributed by atoms with E-state index >= 15 is 0 Å². The highest BCUT2D eigenvalue weighted by atomic mass is 16.5. The molecule has 0 saturated carbocycles. The van der Waals surface area contributed by atoms with Crippen LogP contribution < -0.4 is 10.5 Å². The van der Waals surface area contributed by atoms with Crippen LogP contribution in [0.3, 0.4) is 0 Å². The number of pyridine rings is 1. The molecule has 0 aliphatic heterocycles. The summed E-state index contributed by atoms with van der Waals surface area (Å²) in [6, 6.07) is 9.37. The Labute approximate surface area is 117 Å². The summed E-state index contributed by atoms with van der Waals surface area (Å²) in [7, 11) is 0. The van der Waals surface area contributed by atoms with Crippen LogP contribution in [-0.2, 0) is 0 Å². The Hall–Kier alpha value is -2.56. The van der Waals surface area contributed by atoms with E-state index in [-0.39, 0.29) is 5.84 Å². The monoisotopic (exact) mass is 271 g/mol. The number of ether oxygens (including phenoxy) is 1. The molecule has 5 heteroatoms. The third-order valence-corrected chi connectivity index (χ3v) is 2.79. The van der Waals surface area contributed by atoms with Crippen LogP contribution in [0.1, 0.15) is 22.4 Å². The van der Waals surface area contributed by atoms with E-state index in [0.29, 0.717) is 17.2 Å². The van der Waals surface area contributed by atoms with Crippen molar-refractivity contribution in [3.05, 3.63) is 52.7 Å². The summed E-state index contributed by atoms with van der Waals surface area (Å²) in [6.45, 7) is 5.84. The van der Waals surface area contributed by atoms with Crippen LogP contribution in [0.4, 0.5) is 0 Å². The number of aryl methyl sites for hydroxylation is 3. The van der Waals surface area contributed by atoms with E-state index in [1.165, 1.54) is 0 Å². The summed E-state index contributed by atoms with van der Waals surface area (Å²) in [4.78, 5) is 4.30. The summed E-state index contributed by atoms with van der Waals surface area (Å²) >= 11 is 0. The van der Waals surface area contributed by atoms with Crippen molar-refractivity contribution in [2.24, 2.45) is 10.9 Å². The van der Waals surface area contributed by atoms with Crippen molar-refractivity contribution < 1.29 is 9.94 Å². The Morgan fingerprint density at radius 1 is 1.15 bits per heavy atom. The van der Waals surface area contributed by atoms with Gasteiger partial charge in [0.25, 0.3) is 0 Å². The molecule has 1 aromatic heterocycles. The number of hydrogen-bond acceptors (Lipinski definition) is 4. The first kappa shape index (κ1) is 13.9. The molecule has 0 bridgehead atoms. The van der Waals surface area contributed by atoms with Gasteiger partial charge in [0, 0.05) is 5.69 Å².